The van der Waals surface area contributed by atoms with Gasteiger partial charge in [0.15, 0.2) is 0 Å². The number of hydrogen-bond acceptors (Lipinski definition) is 2. The Balaban J connectivity index is 2.12. The van der Waals surface area contributed by atoms with Crippen LogP contribution in [0.2, 0.25) is 0 Å². The van der Waals surface area contributed by atoms with E-state index < -0.39 is 0 Å². The molecule has 0 aliphatic rings. The monoisotopic (exact) mass is 358 g/mol. The third-order valence-corrected chi connectivity index (χ3v) is 4.34. The Labute approximate surface area is 161 Å². The van der Waals surface area contributed by atoms with Crippen LogP contribution in [-0.2, 0) is 0 Å². The van der Waals surface area contributed by atoms with Crippen LogP contribution in [0.3, 0.4) is 0 Å². The zero-order valence-corrected chi connectivity index (χ0v) is 15.9. The van der Waals surface area contributed by atoms with Gasteiger partial charge in [-0.3, -0.25) is 0 Å². The van der Waals surface area contributed by atoms with Gasteiger partial charge < -0.3 is 9.80 Å². The Bertz CT molecular complexity index is 832. The van der Waals surface area contributed by atoms with Crippen molar-refractivity contribution in [3.8, 4) is 0 Å². The number of nitrogens with zero attached hydrogens (tertiary/aromatic N) is 2. The fraction of sp³-hybridized carbons (Fsp3) is 0.0870. The molecule has 0 N–H and O–H groups in total. The molecule has 3 aromatic rings. The van der Waals surface area contributed by atoms with Gasteiger partial charge in [0, 0.05) is 37.2 Å². The van der Waals surface area contributed by atoms with Crippen molar-refractivity contribution >= 4 is 34.2 Å². The maximum atomic E-state index is 5.99. The fourth-order valence-corrected chi connectivity index (χ4v) is 3.17. The molecule has 0 aromatic heterocycles. The minimum absolute atomic E-state index is 0.766. The van der Waals surface area contributed by atoms with Crippen LogP contribution in [-0.4, -0.2) is 24.0 Å². The van der Waals surface area contributed by atoms with Gasteiger partial charge >= 0.3 is 0 Å². The molecule has 0 saturated heterocycles. The van der Waals surface area contributed by atoms with Crippen molar-refractivity contribution in [2.24, 2.45) is 0 Å². The molecule has 26 heavy (non-hydrogen) atoms. The molecule has 3 rings (SSSR count). The standard InChI is InChI=1S/C23H22N2S/c1-24(2)18-22(19-12-6-3-7-13-19)23(26)25(20-14-8-4-9-15-20)21-16-10-5-11-17-21/h3-18H,1-2H3/b22-18+. The van der Waals surface area contributed by atoms with Crippen molar-refractivity contribution in [1.29, 1.82) is 0 Å². The molecule has 3 aromatic carbocycles. The van der Waals surface area contributed by atoms with Crippen molar-refractivity contribution in [1.82, 2.24) is 4.90 Å². The van der Waals surface area contributed by atoms with Crippen LogP contribution in [0.4, 0.5) is 11.4 Å². The summed E-state index contributed by atoms with van der Waals surface area (Å²) in [6.07, 6.45) is 2.08. The molecule has 0 amide bonds. The summed E-state index contributed by atoms with van der Waals surface area (Å²) in [7, 11) is 4.03. The van der Waals surface area contributed by atoms with Crippen LogP contribution in [0, 0.1) is 0 Å². The highest BCUT2D eigenvalue weighted by Gasteiger charge is 2.19. The zero-order valence-electron chi connectivity index (χ0n) is 15.0. The summed E-state index contributed by atoms with van der Waals surface area (Å²) in [6, 6.07) is 30.8. The Morgan fingerprint density at radius 2 is 1.12 bits per heavy atom. The molecule has 2 nitrogen and oxygen atoms in total. The number of anilines is 2. The largest absolute Gasteiger partial charge is 0.383 e. The predicted octanol–water partition coefficient (Wildman–Crippen LogP) is 5.75. The smallest absolute Gasteiger partial charge is 0.120 e. The minimum atomic E-state index is 0.766. The van der Waals surface area contributed by atoms with Crippen molar-refractivity contribution < 1.29 is 0 Å². The van der Waals surface area contributed by atoms with Gasteiger partial charge in [-0.05, 0) is 29.8 Å². The molecule has 0 aliphatic heterocycles. The molecule has 130 valence electrons. The maximum absolute atomic E-state index is 5.99. The third kappa shape index (κ3) is 4.19. The summed E-state index contributed by atoms with van der Waals surface area (Å²) < 4.78 is 0. The molecule has 0 spiro atoms. The van der Waals surface area contributed by atoms with E-state index in [4.69, 9.17) is 12.2 Å². The molecule has 0 aliphatic carbocycles. The normalized spacial score (nSPS) is 11.1. The highest BCUT2D eigenvalue weighted by molar-refractivity contribution is 7.81. The summed E-state index contributed by atoms with van der Waals surface area (Å²) in [5, 5.41) is 0. The summed E-state index contributed by atoms with van der Waals surface area (Å²) in [5.74, 6) is 0. The molecule has 0 heterocycles. The van der Waals surface area contributed by atoms with Gasteiger partial charge in [0.2, 0.25) is 0 Å². The van der Waals surface area contributed by atoms with Gasteiger partial charge in [0.05, 0.1) is 0 Å². The average Bonchev–Trinajstić information content (AvgIpc) is 2.68. The van der Waals surface area contributed by atoms with Gasteiger partial charge in [-0.15, -0.1) is 0 Å². The van der Waals surface area contributed by atoms with Crippen LogP contribution < -0.4 is 4.90 Å². The molecule has 0 fully saturated rings. The molecule has 0 unspecified atom stereocenters. The van der Waals surface area contributed by atoms with E-state index in [9.17, 15) is 0 Å². The Morgan fingerprint density at radius 1 is 0.692 bits per heavy atom. The minimum Gasteiger partial charge on any atom is -0.383 e. The Hall–Kier alpha value is -2.91. The van der Waals surface area contributed by atoms with Gasteiger partial charge in [0.1, 0.15) is 4.99 Å². The quantitative estimate of drug-likeness (QED) is 0.423. The highest BCUT2D eigenvalue weighted by atomic mass is 32.1. The van der Waals surface area contributed by atoms with Crippen molar-refractivity contribution in [2.45, 2.75) is 0 Å². The van der Waals surface area contributed by atoms with Crippen LogP contribution in [0.15, 0.2) is 97.2 Å². The van der Waals surface area contributed by atoms with E-state index in [0.717, 1.165) is 27.5 Å². The first-order valence-corrected chi connectivity index (χ1v) is 8.96. The molecule has 0 saturated carbocycles. The SMILES string of the molecule is CN(C)/C=C(/C(=S)N(c1ccccc1)c1ccccc1)c1ccccc1. The first-order chi connectivity index (χ1) is 12.7. The van der Waals surface area contributed by atoms with E-state index in [1.54, 1.807) is 0 Å². The van der Waals surface area contributed by atoms with E-state index in [2.05, 4.69) is 47.5 Å². The van der Waals surface area contributed by atoms with Crippen LogP contribution in [0.25, 0.3) is 5.57 Å². The second kappa shape index (κ2) is 8.45. The first-order valence-electron chi connectivity index (χ1n) is 8.55. The lowest BCUT2D eigenvalue weighted by atomic mass is 10.0. The maximum Gasteiger partial charge on any atom is 0.120 e. The second-order valence-electron chi connectivity index (χ2n) is 6.18. The zero-order chi connectivity index (χ0) is 18.4. The predicted molar refractivity (Wildman–Crippen MR) is 116 cm³/mol. The van der Waals surface area contributed by atoms with E-state index in [1.807, 2.05) is 73.6 Å². The van der Waals surface area contributed by atoms with Crippen LogP contribution in [0.5, 0.6) is 0 Å². The molecule has 0 bridgehead atoms. The molecular formula is C23H22N2S. The van der Waals surface area contributed by atoms with Crippen LogP contribution >= 0.6 is 12.2 Å². The van der Waals surface area contributed by atoms with E-state index in [1.165, 1.54) is 0 Å². The molecule has 3 heteroatoms. The fourth-order valence-electron chi connectivity index (χ4n) is 2.79. The number of benzene rings is 3. The second-order valence-corrected chi connectivity index (χ2v) is 6.57. The van der Waals surface area contributed by atoms with Gasteiger partial charge in [-0.2, -0.15) is 0 Å². The molecular weight excluding hydrogens is 336 g/mol. The van der Waals surface area contributed by atoms with Gasteiger partial charge in [-0.25, -0.2) is 0 Å². The average molecular weight is 359 g/mol. The lowest BCUT2D eigenvalue weighted by Crippen LogP contribution is -2.26. The summed E-state index contributed by atoms with van der Waals surface area (Å²) in [6.45, 7) is 0. The van der Waals surface area contributed by atoms with Crippen molar-refractivity contribution in [3.05, 3.63) is 103 Å². The van der Waals surface area contributed by atoms with Gasteiger partial charge in [0.25, 0.3) is 0 Å². The number of rotatable bonds is 5. The van der Waals surface area contributed by atoms with Crippen LogP contribution in [0.1, 0.15) is 5.56 Å². The summed E-state index contributed by atoms with van der Waals surface area (Å²) >= 11 is 5.99. The topological polar surface area (TPSA) is 6.48 Å². The first kappa shape index (κ1) is 17.9. The number of thiocarbonyl (C=S) groups is 1. The summed E-state index contributed by atoms with van der Waals surface area (Å²) in [4.78, 5) is 4.92. The third-order valence-electron chi connectivity index (χ3n) is 3.93. The lowest BCUT2D eigenvalue weighted by molar-refractivity contribution is 0.566. The molecule has 0 radical (unpaired) electrons. The summed E-state index contributed by atoms with van der Waals surface area (Å²) in [5.41, 5.74) is 4.20. The van der Waals surface area contributed by atoms with Gasteiger partial charge in [-0.1, -0.05) is 78.9 Å². The van der Waals surface area contributed by atoms with E-state index >= 15 is 0 Å². The Kier molecular flexibility index (Phi) is 5.82. The number of hydrogen-bond donors (Lipinski definition) is 0. The number of para-hydroxylation sites is 2. The highest BCUT2D eigenvalue weighted by Crippen LogP contribution is 2.30. The molecule has 0 atom stereocenters. The van der Waals surface area contributed by atoms with Crippen molar-refractivity contribution in [2.75, 3.05) is 19.0 Å². The lowest BCUT2D eigenvalue weighted by Gasteiger charge is -2.28. The van der Waals surface area contributed by atoms with Crippen molar-refractivity contribution in [3.63, 3.8) is 0 Å². The van der Waals surface area contributed by atoms with E-state index in [0.29, 0.717) is 0 Å². The Morgan fingerprint density at radius 3 is 1.54 bits per heavy atom. The van der Waals surface area contributed by atoms with E-state index in [-0.39, 0.29) is 0 Å².